The summed E-state index contributed by atoms with van der Waals surface area (Å²) < 4.78 is 10.1. The van der Waals surface area contributed by atoms with Gasteiger partial charge in [-0.2, -0.15) is 0 Å². The van der Waals surface area contributed by atoms with Crippen LogP contribution in [0.4, 0.5) is 0 Å². The number of hydrogen-bond donors (Lipinski definition) is 1. The normalized spacial score (nSPS) is 11.6. The second-order valence-corrected chi connectivity index (χ2v) is 3.97. The molecule has 0 aromatic heterocycles. The molecular formula is C12H14ClNO4. The Balaban J connectivity index is 2.94. The maximum absolute atomic E-state index is 11.9. The molecule has 5 nitrogen and oxygen atoms in total. The Bertz CT molecular complexity index is 439. The van der Waals surface area contributed by atoms with Crippen LogP contribution in [0.5, 0.6) is 11.5 Å². The smallest absolute Gasteiger partial charge is 0.252 e. The third kappa shape index (κ3) is 3.63. The topological polar surface area (TPSA) is 64.6 Å². The van der Waals surface area contributed by atoms with Gasteiger partial charge in [-0.1, -0.05) is 0 Å². The highest BCUT2D eigenvalue weighted by atomic mass is 35.5. The lowest BCUT2D eigenvalue weighted by atomic mass is 10.1. The van der Waals surface area contributed by atoms with E-state index in [-0.39, 0.29) is 0 Å². The summed E-state index contributed by atoms with van der Waals surface area (Å²) in [6.45, 7) is 1.50. The highest BCUT2D eigenvalue weighted by Crippen LogP contribution is 2.22. The molecule has 0 saturated heterocycles. The number of benzene rings is 1. The quantitative estimate of drug-likeness (QED) is 0.826. The molecule has 0 aliphatic heterocycles. The van der Waals surface area contributed by atoms with Crippen molar-refractivity contribution in [1.82, 2.24) is 5.32 Å². The minimum atomic E-state index is -0.753. The number of halogens is 1. The van der Waals surface area contributed by atoms with Gasteiger partial charge in [0.2, 0.25) is 5.24 Å². The fourth-order valence-corrected chi connectivity index (χ4v) is 1.33. The van der Waals surface area contributed by atoms with Crippen molar-refractivity contribution in [2.75, 3.05) is 14.2 Å². The van der Waals surface area contributed by atoms with Crippen LogP contribution in [0.25, 0.3) is 0 Å². The van der Waals surface area contributed by atoms with Gasteiger partial charge >= 0.3 is 0 Å². The number of methoxy groups -OCH3 is 2. The van der Waals surface area contributed by atoms with Gasteiger partial charge in [0.25, 0.3) is 5.91 Å². The van der Waals surface area contributed by atoms with Gasteiger partial charge in [0.1, 0.15) is 17.5 Å². The molecule has 1 amide bonds. The summed E-state index contributed by atoms with van der Waals surface area (Å²) >= 11 is 5.27. The monoisotopic (exact) mass is 271 g/mol. The van der Waals surface area contributed by atoms with Crippen molar-refractivity contribution in [1.29, 1.82) is 0 Å². The van der Waals surface area contributed by atoms with E-state index < -0.39 is 17.2 Å². The molecule has 0 saturated carbocycles. The first-order valence-corrected chi connectivity index (χ1v) is 5.59. The zero-order valence-corrected chi connectivity index (χ0v) is 11.1. The first-order chi connectivity index (χ1) is 8.47. The summed E-state index contributed by atoms with van der Waals surface area (Å²) in [5.74, 6) is 0.558. The second-order valence-electron chi connectivity index (χ2n) is 3.60. The molecule has 0 bridgehead atoms. The predicted octanol–water partition coefficient (Wildman–Crippen LogP) is 1.59. The fraction of sp³-hybridized carbons (Fsp3) is 0.333. The average Bonchev–Trinajstić information content (AvgIpc) is 2.37. The van der Waals surface area contributed by atoms with Crippen molar-refractivity contribution in [2.45, 2.75) is 13.0 Å². The zero-order valence-electron chi connectivity index (χ0n) is 10.3. The lowest BCUT2D eigenvalue weighted by Crippen LogP contribution is -2.36. The van der Waals surface area contributed by atoms with Crippen LogP contribution in [0, 0.1) is 0 Å². The minimum absolute atomic E-state index is 0.330. The number of hydrogen-bond acceptors (Lipinski definition) is 4. The highest BCUT2D eigenvalue weighted by Gasteiger charge is 2.16. The SMILES string of the molecule is COc1cc(OC)cc(C(=O)NC(C)C(=O)Cl)c1. The zero-order chi connectivity index (χ0) is 13.7. The number of carbonyl (C=O) groups excluding carboxylic acids is 2. The summed E-state index contributed by atoms with van der Waals surface area (Å²) in [6.07, 6.45) is 0. The molecule has 0 fully saturated rings. The molecule has 0 radical (unpaired) electrons. The third-order valence-electron chi connectivity index (χ3n) is 2.30. The van der Waals surface area contributed by atoms with Crippen LogP contribution >= 0.6 is 11.6 Å². The molecule has 1 aromatic rings. The molecule has 0 heterocycles. The second kappa shape index (κ2) is 6.26. The fourth-order valence-electron chi connectivity index (χ4n) is 1.28. The van der Waals surface area contributed by atoms with Crippen LogP contribution in [-0.4, -0.2) is 31.4 Å². The van der Waals surface area contributed by atoms with Crippen LogP contribution in [0.1, 0.15) is 17.3 Å². The average molecular weight is 272 g/mol. The van der Waals surface area contributed by atoms with Gasteiger partial charge in [-0.15, -0.1) is 0 Å². The maximum Gasteiger partial charge on any atom is 0.252 e. The first kappa shape index (κ1) is 14.3. The summed E-state index contributed by atoms with van der Waals surface area (Å²) in [7, 11) is 2.97. The van der Waals surface area contributed by atoms with E-state index in [1.54, 1.807) is 18.2 Å². The Morgan fingerprint density at radius 1 is 1.17 bits per heavy atom. The van der Waals surface area contributed by atoms with E-state index in [1.165, 1.54) is 21.1 Å². The number of ether oxygens (including phenoxy) is 2. The van der Waals surface area contributed by atoms with Crippen molar-refractivity contribution < 1.29 is 19.1 Å². The van der Waals surface area contributed by atoms with E-state index in [4.69, 9.17) is 21.1 Å². The van der Waals surface area contributed by atoms with Crippen LogP contribution in [0.3, 0.4) is 0 Å². The standard InChI is InChI=1S/C12H14ClNO4/c1-7(11(13)15)14-12(16)8-4-9(17-2)6-10(5-8)18-3/h4-7H,1-3H3,(H,14,16). The lowest BCUT2D eigenvalue weighted by Gasteiger charge is -2.11. The molecule has 1 rings (SSSR count). The Morgan fingerprint density at radius 2 is 1.67 bits per heavy atom. The summed E-state index contributed by atoms with van der Waals surface area (Å²) in [6, 6.07) is 3.98. The Hall–Kier alpha value is -1.75. The van der Waals surface area contributed by atoms with Gasteiger partial charge in [0.05, 0.1) is 14.2 Å². The molecule has 1 atom stereocenters. The van der Waals surface area contributed by atoms with Gasteiger partial charge in [-0.05, 0) is 30.7 Å². The predicted molar refractivity (Wildman–Crippen MR) is 67.3 cm³/mol. The van der Waals surface area contributed by atoms with Crippen LogP contribution < -0.4 is 14.8 Å². The molecule has 1 unspecified atom stereocenters. The third-order valence-corrected chi connectivity index (χ3v) is 2.63. The molecule has 6 heteroatoms. The van der Waals surface area contributed by atoms with E-state index in [2.05, 4.69) is 5.32 Å². The van der Waals surface area contributed by atoms with E-state index in [0.717, 1.165) is 0 Å². The number of carbonyl (C=O) groups is 2. The van der Waals surface area contributed by atoms with Crippen molar-refractivity contribution in [2.24, 2.45) is 0 Å². The Kier molecular flexibility index (Phi) is 4.97. The van der Waals surface area contributed by atoms with Gasteiger partial charge in [-0.25, -0.2) is 0 Å². The van der Waals surface area contributed by atoms with Gasteiger partial charge in [0, 0.05) is 11.6 Å². The number of amides is 1. The highest BCUT2D eigenvalue weighted by molar-refractivity contribution is 6.64. The molecular weight excluding hydrogens is 258 g/mol. The summed E-state index contributed by atoms with van der Waals surface area (Å²) in [4.78, 5) is 22.7. The van der Waals surface area contributed by atoms with E-state index in [0.29, 0.717) is 17.1 Å². The minimum Gasteiger partial charge on any atom is -0.497 e. The molecule has 0 aliphatic carbocycles. The molecule has 1 N–H and O–H groups in total. The van der Waals surface area contributed by atoms with Crippen LogP contribution in [-0.2, 0) is 4.79 Å². The van der Waals surface area contributed by atoms with E-state index in [9.17, 15) is 9.59 Å². The Labute approximate surface area is 110 Å². The van der Waals surface area contributed by atoms with Gasteiger partial charge < -0.3 is 14.8 Å². The van der Waals surface area contributed by atoms with Crippen LogP contribution in [0.2, 0.25) is 0 Å². The molecule has 1 aromatic carbocycles. The van der Waals surface area contributed by atoms with Crippen molar-refractivity contribution >= 4 is 22.8 Å². The molecule has 0 spiro atoms. The molecule has 0 aliphatic rings. The molecule has 98 valence electrons. The van der Waals surface area contributed by atoms with E-state index >= 15 is 0 Å². The number of nitrogens with one attached hydrogen (secondary N) is 1. The van der Waals surface area contributed by atoms with Gasteiger partial charge in [0.15, 0.2) is 0 Å². The summed E-state index contributed by atoms with van der Waals surface area (Å²) in [5, 5.41) is 1.84. The number of rotatable bonds is 5. The van der Waals surface area contributed by atoms with E-state index in [1.807, 2.05) is 0 Å². The van der Waals surface area contributed by atoms with Crippen molar-refractivity contribution in [3.8, 4) is 11.5 Å². The van der Waals surface area contributed by atoms with Gasteiger partial charge in [-0.3, -0.25) is 9.59 Å². The lowest BCUT2D eigenvalue weighted by molar-refractivity contribution is -0.113. The van der Waals surface area contributed by atoms with Crippen molar-refractivity contribution in [3.63, 3.8) is 0 Å². The van der Waals surface area contributed by atoms with Crippen molar-refractivity contribution in [3.05, 3.63) is 23.8 Å². The Morgan fingerprint density at radius 3 is 2.06 bits per heavy atom. The molecule has 18 heavy (non-hydrogen) atoms. The first-order valence-electron chi connectivity index (χ1n) is 5.21. The maximum atomic E-state index is 11.9. The largest absolute Gasteiger partial charge is 0.497 e. The summed E-state index contributed by atoms with van der Waals surface area (Å²) in [5.41, 5.74) is 0.330. The van der Waals surface area contributed by atoms with Crippen LogP contribution in [0.15, 0.2) is 18.2 Å².